The van der Waals surface area contributed by atoms with Gasteiger partial charge in [0, 0.05) is 26.3 Å². The molecule has 2 amide bonds. The molecule has 1 fully saturated rings. The number of hydrogen-bond donors (Lipinski definition) is 2. The Morgan fingerprint density at radius 3 is 2.52 bits per heavy atom. The van der Waals surface area contributed by atoms with Crippen LogP contribution in [0.1, 0.15) is 35.6 Å². The Morgan fingerprint density at radius 1 is 1.24 bits per heavy atom. The monoisotopic (exact) mass is 463 g/mol. The summed E-state index contributed by atoms with van der Waals surface area (Å²) in [6.45, 7) is 6.40. The first-order valence-electron chi connectivity index (χ1n) is 10.5. The number of aromatic nitrogens is 3. The van der Waals surface area contributed by atoms with Crippen LogP contribution in [0.15, 0.2) is 18.3 Å². The van der Waals surface area contributed by atoms with Crippen molar-refractivity contribution in [2.24, 2.45) is 5.92 Å². The van der Waals surface area contributed by atoms with E-state index in [0.717, 1.165) is 18.3 Å². The number of rotatable bonds is 4. The third kappa shape index (κ3) is 4.29. The molecule has 0 spiro atoms. The number of anilines is 3. The van der Waals surface area contributed by atoms with Gasteiger partial charge in [0.2, 0.25) is 11.9 Å². The van der Waals surface area contributed by atoms with Crippen molar-refractivity contribution in [1.82, 2.24) is 19.9 Å². The zero-order valence-corrected chi connectivity index (χ0v) is 18.6. The number of halogens is 3. The van der Waals surface area contributed by atoms with Gasteiger partial charge in [-0.1, -0.05) is 13.8 Å². The van der Waals surface area contributed by atoms with E-state index in [-0.39, 0.29) is 35.4 Å². The maximum atomic E-state index is 12.7. The second-order valence-electron chi connectivity index (χ2n) is 8.60. The summed E-state index contributed by atoms with van der Waals surface area (Å²) >= 11 is 0. The van der Waals surface area contributed by atoms with Crippen molar-refractivity contribution in [3.63, 3.8) is 0 Å². The summed E-state index contributed by atoms with van der Waals surface area (Å²) < 4.78 is 38.0. The largest absolute Gasteiger partial charge is 0.433 e. The van der Waals surface area contributed by atoms with Gasteiger partial charge in [-0.25, -0.2) is 4.98 Å². The third-order valence-corrected chi connectivity index (χ3v) is 5.77. The van der Waals surface area contributed by atoms with Gasteiger partial charge in [-0.2, -0.15) is 18.2 Å². The fourth-order valence-corrected chi connectivity index (χ4v) is 4.07. The van der Waals surface area contributed by atoms with Crippen LogP contribution >= 0.6 is 0 Å². The standard InChI is InChI=1S/C21H24F3N7O2/c1-10(2)16-18(32)28-15-11(3)26-20(29-17(15)30(16)4)27-13-8-31(9-13)19(33)12-5-6-14(25-7-12)21(22,23)24/h5-7,10,13,16H,8-9H2,1-4H3,(H,28,32)(H,26,27,29)/t16-/m0/s1. The number of nitrogens with zero attached hydrogens (tertiary/aromatic N) is 5. The average Bonchev–Trinajstić information content (AvgIpc) is 2.70. The minimum Gasteiger partial charge on any atom is -0.348 e. The molecule has 2 N–H and O–H groups in total. The van der Waals surface area contributed by atoms with Gasteiger partial charge in [0.1, 0.15) is 17.4 Å². The molecule has 0 aromatic carbocycles. The predicted molar refractivity (Wildman–Crippen MR) is 115 cm³/mol. The van der Waals surface area contributed by atoms with Crippen molar-refractivity contribution in [2.45, 2.75) is 39.0 Å². The lowest BCUT2D eigenvalue weighted by atomic mass is 9.99. The minimum atomic E-state index is -4.55. The highest BCUT2D eigenvalue weighted by atomic mass is 19.4. The summed E-state index contributed by atoms with van der Waals surface area (Å²) in [6.07, 6.45) is -3.61. The molecule has 1 atom stereocenters. The predicted octanol–water partition coefficient (Wildman–Crippen LogP) is 2.55. The number of carbonyl (C=O) groups excluding carboxylic acids is 2. The van der Waals surface area contributed by atoms with E-state index in [1.165, 1.54) is 4.90 Å². The van der Waals surface area contributed by atoms with Crippen LogP contribution in [0.4, 0.5) is 30.6 Å². The van der Waals surface area contributed by atoms with Crippen LogP contribution in [0.3, 0.4) is 0 Å². The normalized spacial score (nSPS) is 18.7. The molecular formula is C21H24F3N7O2. The highest BCUT2D eigenvalue weighted by Crippen LogP contribution is 2.34. The molecule has 2 aliphatic heterocycles. The summed E-state index contributed by atoms with van der Waals surface area (Å²) in [5.74, 6) is 0.592. The van der Waals surface area contributed by atoms with Crippen LogP contribution in [0.5, 0.6) is 0 Å². The SMILES string of the molecule is Cc1nc(NC2CN(C(=O)c3ccc(C(F)(F)F)nc3)C2)nc2c1NC(=O)[C@H](C(C)C)N2C. The van der Waals surface area contributed by atoms with Crippen molar-refractivity contribution in [3.8, 4) is 0 Å². The highest BCUT2D eigenvalue weighted by molar-refractivity contribution is 6.03. The van der Waals surface area contributed by atoms with Crippen LogP contribution in [0, 0.1) is 12.8 Å². The Bertz CT molecular complexity index is 1080. The number of amides is 2. The van der Waals surface area contributed by atoms with Gasteiger partial charge in [-0.3, -0.25) is 14.6 Å². The maximum absolute atomic E-state index is 12.7. The number of fused-ring (bicyclic) bond motifs is 1. The Hall–Kier alpha value is -3.44. The van der Waals surface area contributed by atoms with Crippen molar-refractivity contribution < 1.29 is 22.8 Å². The molecule has 0 radical (unpaired) electrons. The molecule has 4 heterocycles. The quantitative estimate of drug-likeness (QED) is 0.718. The molecule has 33 heavy (non-hydrogen) atoms. The fourth-order valence-electron chi connectivity index (χ4n) is 4.07. The number of pyridine rings is 1. The molecule has 0 aliphatic carbocycles. The van der Waals surface area contributed by atoms with Crippen LogP contribution in [-0.4, -0.2) is 63.9 Å². The lowest BCUT2D eigenvalue weighted by Crippen LogP contribution is -2.57. The smallest absolute Gasteiger partial charge is 0.348 e. The van der Waals surface area contributed by atoms with Gasteiger partial charge in [0.25, 0.3) is 5.91 Å². The lowest BCUT2D eigenvalue weighted by Gasteiger charge is -2.40. The molecular weight excluding hydrogens is 439 g/mol. The van der Waals surface area contributed by atoms with Crippen molar-refractivity contribution in [3.05, 3.63) is 35.3 Å². The molecule has 12 heteroatoms. The molecule has 2 aliphatic rings. The maximum Gasteiger partial charge on any atom is 0.433 e. The van der Waals surface area contributed by atoms with Gasteiger partial charge in [0.15, 0.2) is 5.82 Å². The Balaban J connectivity index is 1.41. The molecule has 176 valence electrons. The number of likely N-dealkylation sites (tertiary alicyclic amines) is 1. The van der Waals surface area contributed by atoms with Gasteiger partial charge < -0.3 is 20.4 Å². The number of hydrogen-bond acceptors (Lipinski definition) is 7. The first-order valence-corrected chi connectivity index (χ1v) is 10.5. The van der Waals surface area contributed by atoms with Gasteiger partial charge in [0.05, 0.1) is 17.3 Å². The molecule has 0 unspecified atom stereocenters. The van der Waals surface area contributed by atoms with E-state index < -0.39 is 11.9 Å². The van der Waals surface area contributed by atoms with Crippen LogP contribution in [-0.2, 0) is 11.0 Å². The minimum absolute atomic E-state index is 0.0840. The number of nitrogens with one attached hydrogen (secondary N) is 2. The van der Waals surface area contributed by atoms with E-state index in [2.05, 4.69) is 25.6 Å². The number of carbonyl (C=O) groups is 2. The summed E-state index contributed by atoms with van der Waals surface area (Å²) in [5.41, 5.74) is 0.251. The first kappa shape index (κ1) is 22.7. The highest BCUT2D eigenvalue weighted by Gasteiger charge is 2.37. The first-order chi connectivity index (χ1) is 15.5. The summed E-state index contributed by atoms with van der Waals surface area (Å²) in [6, 6.07) is 1.46. The molecule has 1 saturated heterocycles. The van der Waals surface area contributed by atoms with Crippen molar-refractivity contribution >= 4 is 29.3 Å². The van der Waals surface area contributed by atoms with Crippen LogP contribution in [0.2, 0.25) is 0 Å². The molecule has 9 nitrogen and oxygen atoms in total. The molecule has 4 rings (SSSR count). The topological polar surface area (TPSA) is 103 Å². The van der Waals surface area contributed by atoms with E-state index in [9.17, 15) is 22.8 Å². The van der Waals surface area contributed by atoms with E-state index in [0.29, 0.717) is 36.2 Å². The summed E-state index contributed by atoms with van der Waals surface area (Å²) in [7, 11) is 1.82. The Morgan fingerprint density at radius 2 is 1.94 bits per heavy atom. The van der Waals surface area contributed by atoms with Crippen molar-refractivity contribution in [1.29, 1.82) is 0 Å². The number of aryl methyl sites for hydroxylation is 1. The van der Waals surface area contributed by atoms with Crippen LogP contribution in [0.25, 0.3) is 0 Å². The number of likely N-dealkylation sites (N-methyl/N-ethyl adjacent to an activating group) is 1. The Labute approximate surface area is 188 Å². The van der Waals surface area contributed by atoms with Crippen molar-refractivity contribution in [2.75, 3.05) is 35.7 Å². The average molecular weight is 463 g/mol. The van der Waals surface area contributed by atoms with E-state index >= 15 is 0 Å². The molecule has 2 aromatic heterocycles. The van der Waals surface area contributed by atoms with Gasteiger partial charge >= 0.3 is 6.18 Å². The van der Waals surface area contributed by atoms with Gasteiger partial charge in [-0.15, -0.1) is 0 Å². The fraction of sp³-hybridized carbons (Fsp3) is 0.476. The second-order valence-corrected chi connectivity index (χ2v) is 8.60. The second kappa shape index (κ2) is 8.16. The van der Waals surface area contributed by atoms with Gasteiger partial charge in [-0.05, 0) is 25.0 Å². The lowest BCUT2D eigenvalue weighted by molar-refractivity contribution is -0.141. The zero-order chi connectivity index (χ0) is 24.1. The number of alkyl halides is 3. The molecule has 2 aromatic rings. The zero-order valence-electron chi connectivity index (χ0n) is 18.6. The molecule has 0 bridgehead atoms. The van der Waals surface area contributed by atoms with E-state index in [4.69, 9.17) is 0 Å². The van der Waals surface area contributed by atoms with Crippen LogP contribution < -0.4 is 15.5 Å². The Kier molecular flexibility index (Phi) is 5.62. The molecule has 0 saturated carbocycles. The summed E-state index contributed by atoms with van der Waals surface area (Å²) in [4.78, 5) is 40.6. The van der Waals surface area contributed by atoms with E-state index in [1.54, 1.807) is 6.92 Å². The third-order valence-electron chi connectivity index (χ3n) is 5.77. The van der Waals surface area contributed by atoms with E-state index in [1.807, 2.05) is 25.8 Å². The summed E-state index contributed by atoms with van der Waals surface area (Å²) in [5, 5.41) is 6.08.